The van der Waals surface area contributed by atoms with Crippen molar-refractivity contribution >= 4 is 23.2 Å². The summed E-state index contributed by atoms with van der Waals surface area (Å²) in [5.74, 6) is -1.37. The molecule has 2 amide bonds. The highest BCUT2D eigenvalue weighted by Crippen LogP contribution is 2.14. The Bertz CT molecular complexity index is 629. The number of nitrogens with one attached hydrogen (secondary N) is 1. The zero-order valence-corrected chi connectivity index (χ0v) is 12.6. The quantitative estimate of drug-likeness (QED) is 0.817. The van der Waals surface area contributed by atoms with Crippen molar-refractivity contribution in [3.05, 3.63) is 52.2 Å². The van der Waals surface area contributed by atoms with E-state index < -0.39 is 17.8 Å². The van der Waals surface area contributed by atoms with Crippen LogP contribution in [-0.4, -0.2) is 16.8 Å². The summed E-state index contributed by atoms with van der Waals surface area (Å²) in [7, 11) is 0. The molecule has 1 atom stereocenters. The largest absolute Gasteiger partial charge is 0.368 e. The predicted molar refractivity (Wildman–Crippen MR) is 81.5 cm³/mol. The van der Waals surface area contributed by atoms with Gasteiger partial charge in [-0.15, -0.1) is 11.3 Å². The van der Waals surface area contributed by atoms with Gasteiger partial charge in [-0.1, -0.05) is 12.1 Å². The summed E-state index contributed by atoms with van der Waals surface area (Å²) in [6.07, 6.45) is 3.33. The number of hydrogen-bond donors (Lipinski definition) is 2. The number of amides is 2. The lowest BCUT2D eigenvalue weighted by molar-refractivity contribution is -0.127. The minimum absolute atomic E-state index is 0.268. The van der Waals surface area contributed by atoms with Gasteiger partial charge in [0.25, 0.3) is 0 Å². The number of nitrogens with two attached hydrogens (primary N) is 1. The summed E-state index contributed by atoms with van der Waals surface area (Å²) in [4.78, 5) is 27.5. The van der Waals surface area contributed by atoms with Crippen LogP contribution < -0.4 is 11.1 Å². The van der Waals surface area contributed by atoms with Crippen molar-refractivity contribution in [2.24, 2.45) is 5.73 Å². The molecular weight excluding hydrogens is 305 g/mol. The molecule has 2 rings (SSSR count). The van der Waals surface area contributed by atoms with Gasteiger partial charge in [-0.2, -0.15) is 0 Å². The highest BCUT2D eigenvalue weighted by molar-refractivity contribution is 7.09. The molecule has 3 N–H and O–H groups in total. The Morgan fingerprint density at radius 3 is 2.64 bits per heavy atom. The van der Waals surface area contributed by atoms with Crippen LogP contribution in [0.25, 0.3) is 0 Å². The number of nitrogens with zero attached hydrogens (tertiary/aromatic N) is 1. The maximum absolute atomic E-state index is 12.9. The second-order valence-electron chi connectivity index (χ2n) is 4.73. The number of carbonyl (C=O) groups excluding carboxylic acids is 2. The van der Waals surface area contributed by atoms with Crippen LogP contribution in [0, 0.1) is 5.82 Å². The minimum atomic E-state index is -0.951. The van der Waals surface area contributed by atoms with Crippen LogP contribution in [0.3, 0.4) is 0 Å². The van der Waals surface area contributed by atoms with E-state index in [0.717, 1.165) is 5.01 Å². The number of benzene rings is 1. The SMILES string of the molecule is NC(=O)[C@H](NC(=O)CCCc1nccs1)c1ccc(F)cc1. The lowest BCUT2D eigenvalue weighted by Crippen LogP contribution is -2.37. The topological polar surface area (TPSA) is 85.1 Å². The van der Waals surface area contributed by atoms with Crippen molar-refractivity contribution in [3.63, 3.8) is 0 Å². The molecular formula is C15H16FN3O2S. The number of carbonyl (C=O) groups is 2. The van der Waals surface area contributed by atoms with Gasteiger partial charge in [-0.3, -0.25) is 9.59 Å². The lowest BCUT2D eigenvalue weighted by Gasteiger charge is -2.15. The van der Waals surface area contributed by atoms with E-state index in [2.05, 4.69) is 10.3 Å². The molecule has 0 fully saturated rings. The van der Waals surface area contributed by atoms with Gasteiger partial charge in [0, 0.05) is 18.0 Å². The number of primary amides is 1. The van der Waals surface area contributed by atoms with Crippen LogP contribution in [0.4, 0.5) is 4.39 Å². The van der Waals surface area contributed by atoms with Crippen molar-refractivity contribution < 1.29 is 14.0 Å². The van der Waals surface area contributed by atoms with Gasteiger partial charge in [-0.05, 0) is 30.5 Å². The van der Waals surface area contributed by atoms with Crippen molar-refractivity contribution in [1.29, 1.82) is 0 Å². The van der Waals surface area contributed by atoms with E-state index >= 15 is 0 Å². The zero-order chi connectivity index (χ0) is 15.9. The lowest BCUT2D eigenvalue weighted by atomic mass is 10.1. The Kier molecular flexibility index (Phi) is 5.60. The molecule has 0 unspecified atom stereocenters. The molecule has 116 valence electrons. The van der Waals surface area contributed by atoms with Gasteiger partial charge in [0.1, 0.15) is 11.9 Å². The Labute approximate surface area is 131 Å². The summed E-state index contributed by atoms with van der Waals surface area (Å²) < 4.78 is 12.9. The molecule has 1 aromatic heterocycles. The van der Waals surface area contributed by atoms with E-state index in [1.54, 1.807) is 6.20 Å². The summed E-state index contributed by atoms with van der Waals surface area (Å²) in [5.41, 5.74) is 5.77. The fourth-order valence-corrected chi connectivity index (χ4v) is 2.65. The number of rotatable bonds is 7. The average Bonchev–Trinajstić information content (AvgIpc) is 2.99. The standard InChI is InChI=1S/C15H16FN3O2S/c16-11-6-4-10(5-7-11)14(15(17)21)19-12(20)2-1-3-13-18-8-9-22-13/h4-9,14H,1-3H2,(H2,17,21)(H,19,20)/t14-/m1/s1. The molecule has 0 bridgehead atoms. The normalized spacial score (nSPS) is 11.9. The van der Waals surface area contributed by atoms with E-state index in [1.165, 1.54) is 35.6 Å². The van der Waals surface area contributed by atoms with E-state index in [1.807, 2.05) is 5.38 Å². The summed E-state index contributed by atoms with van der Waals surface area (Å²) in [6, 6.07) is 4.36. The molecule has 22 heavy (non-hydrogen) atoms. The third-order valence-corrected chi connectivity index (χ3v) is 3.91. The number of thiazole rings is 1. The Morgan fingerprint density at radius 2 is 2.05 bits per heavy atom. The van der Waals surface area contributed by atoms with Gasteiger partial charge in [0.2, 0.25) is 11.8 Å². The van der Waals surface area contributed by atoms with Gasteiger partial charge >= 0.3 is 0 Å². The second kappa shape index (κ2) is 7.65. The number of halogens is 1. The van der Waals surface area contributed by atoms with Crippen molar-refractivity contribution in [2.45, 2.75) is 25.3 Å². The molecule has 2 aromatic rings. The average molecular weight is 321 g/mol. The van der Waals surface area contributed by atoms with Crippen LogP contribution in [0.5, 0.6) is 0 Å². The van der Waals surface area contributed by atoms with Gasteiger partial charge in [0.15, 0.2) is 0 Å². The highest BCUT2D eigenvalue weighted by Gasteiger charge is 2.20. The molecule has 0 saturated heterocycles. The van der Waals surface area contributed by atoms with Crippen LogP contribution in [0.2, 0.25) is 0 Å². The number of hydrogen-bond acceptors (Lipinski definition) is 4. The minimum Gasteiger partial charge on any atom is -0.368 e. The molecule has 1 aromatic carbocycles. The maximum Gasteiger partial charge on any atom is 0.244 e. The summed E-state index contributed by atoms with van der Waals surface area (Å²) in [6.45, 7) is 0. The van der Waals surface area contributed by atoms with Crippen molar-refractivity contribution in [1.82, 2.24) is 10.3 Å². The third-order valence-electron chi connectivity index (χ3n) is 3.07. The first-order chi connectivity index (χ1) is 10.6. The fraction of sp³-hybridized carbons (Fsp3) is 0.267. The van der Waals surface area contributed by atoms with E-state index in [0.29, 0.717) is 18.4 Å². The van der Waals surface area contributed by atoms with Crippen molar-refractivity contribution in [3.8, 4) is 0 Å². The Balaban J connectivity index is 1.88. The predicted octanol–water partition coefficient (Wildman–Crippen LogP) is 1.95. The molecule has 0 aliphatic rings. The summed E-state index contributed by atoms with van der Waals surface area (Å²) in [5, 5.41) is 5.43. The Morgan fingerprint density at radius 1 is 1.32 bits per heavy atom. The van der Waals surface area contributed by atoms with Gasteiger partial charge in [-0.25, -0.2) is 9.37 Å². The van der Waals surface area contributed by atoms with Crippen LogP contribution in [0.15, 0.2) is 35.8 Å². The fourth-order valence-electron chi connectivity index (χ4n) is 1.98. The molecule has 0 radical (unpaired) electrons. The third kappa shape index (κ3) is 4.63. The zero-order valence-electron chi connectivity index (χ0n) is 11.8. The highest BCUT2D eigenvalue weighted by atomic mass is 32.1. The number of aryl methyl sites for hydroxylation is 1. The first-order valence-electron chi connectivity index (χ1n) is 6.79. The van der Waals surface area contributed by atoms with Crippen molar-refractivity contribution in [2.75, 3.05) is 0 Å². The van der Waals surface area contributed by atoms with Crippen LogP contribution in [0.1, 0.15) is 29.5 Å². The summed E-state index contributed by atoms with van der Waals surface area (Å²) >= 11 is 1.54. The molecule has 0 spiro atoms. The second-order valence-corrected chi connectivity index (χ2v) is 5.71. The maximum atomic E-state index is 12.9. The molecule has 0 aliphatic heterocycles. The van der Waals surface area contributed by atoms with Gasteiger partial charge in [0.05, 0.1) is 5.01 Å². The van der Waals surface area contributed by atoms with E-state index in [9.17, 15) is 14.0 Å². The first-order valence-corrected chi connectivity index (χ1v) is 7.67. The first kappa shape index (κ1) is 16.1. The smallest absolute Gasteiger partial charge is 0.244 e. The molecule has 5 nitrogen and oxygen atoms in total. The van der Waals surface area contributed by atoms with Gasteiger partial charge < -0.3 is 11.1 Å². The number of aromatic nitrogens is 1. The van der Waals surface area contributed by atoms with Crippen LogP contribution in [-0.2, 0) is 16.0 Å². The van der Waals surface area contributed by atoms with E-state index in [-0.39, 0.29) is 12.3 Å². The monoisotopic (exact) mass is 321 g/mol. The van der Waals surface area contributed by atoms with Crippen LogP contribution >= 0.6 is 11.3 Å². The molecule has 0 aliphatic carbocycles. The molecule has 1 heterocycles. The Hall–Kier alpha value is -2.28. The molecule has 0 saturated carbocycles. The van der Waals surface area contributed by atoms with E-state index in [4.69, 9.17) is 5.73 Å². The molecule has 7 heteroatoms.